The Morgan fingerprint density at radius 1 is 1.35 bits per heavy atom. The minimum absolute atomic E-state index is 0.131. The Morgan fingerprint density at radius 2 is 2.00 bits per heavy atom. The van der Waals surface area contributed by atoms with E-state index < -0.39 is 24.5 Å². The van der Waals surface area contributed by atoms with Gasteiger partial charge in [0.25, 0.3) is 0 Å². The van der Waals surface area contributed by atoms with Crippen molar-refractivity contribution in [2.45, 2.75) is 12.3 Å². The Bertz CT molecular complexity index is 384. The average Bonchev–Trinajstić information content (AvgIpc) is 2.25. The average molecular weight is 314 g/mol. The Labute approximate surface area is 104 Å². The third-order valence-electron chi connectivity index (χ3n) is 2.03. The van der Waals surface area contributed by atoms with Crippen molar-refractivity contribution in [1.82, 2.24) is 0 Å². The Morgan fingerprint density at radius 3 is 2.53 bits per heavy atom. The lowest BCUT2D eigenvalue weighted by Crippen LogP contribution is -2.24. The van der Waals surface area contributed by atoms with Crippen LogP contribution in [0, 0.1) is 0 Å². The molecule has 0 fully saturated rings. The van der Waals surface area contributed by atoms with Gasteiger partial charge in [0.2, 0.25) is 0 Å². The Balaban J connectivity index is 2.91. The topological polar surface area (TPSA) is 52.5 Å². The molecule has 0 spiro atoms. The van der Waals surface area contributed by atoms with Gasteiger partial charge in [-0.2, -0.15) is 13.2 Å². The number of anilines is 1. The highest BCUT2D eigenvalue weighted by Gasteiger charge is 2.33. The van der Waals surface area contributed by atoms with E-state index >= 15 is 0 Å². The standard InChI is InChI=1S/C10H11BrF3NO2/c11-6-1-2-9(15-4-7(17)5-16)8(3-6)10(12,13)14/h1-3,7,15-17H,4-5H2. The molecule has 0 aliphatic rings. The monoisotopic (exact) mass is 313 g/mol. The summed E-state index contributed by atoms with van der Waals surface area (Å²) in [6.07, 6.45) is -5.57. The van der Waals surface area contributed by atoms with Gasteiger partial charge in [0.15, 0.2) is 0 Å². The smallest absolute Gasteiger partial charge is 0.394 e. The highest BCUT2D eigenvalue weighted by molar-refractivity contribution is 9.10. The fourth-order valence-electron chi connectivity index (χ4n) is 1.20. The van der Waals surface area contributed by atoms with Gasteiger partial charge in [0.05, 0.1) is 18.3 Å². The zero-order valence-electron chi connectivity index (χ0n) is 8.63. The number of benzene rings is 1. The first kappa shape index (κ1) is 14.3. The van der Waals surface area contributed by atoms with Crippen molar-refractivity contribution in [3.8, 4) is 0 Å². The zero-order chi connectivity index (χ0) is 13.1. The molecule has 0 heterocycles. The molecule has 96 valence electrons. The summed E-state index contributed by atoms with van der Waals surface area (Å²) in [5.41, 5.74) is -0.954. The van der Waals surface area contributed by atoms with E-state index in [0.29, 0.717) is 4.47 Å². The van der Waals surface area contributed by atoms with Gasteiger partial charge in [-0.1, -0.05) is 15.9 Å². The molecule has 0 amide bonds. The van der Waals surface area contributed by atoms with Crippen molar-refractivity contribution < 1.29 is 23.4 Å². The molecule has 0 aromatic heterocycles. The highest BCUT2D eigenvalue weighted by Crippen LogP contribution is 2.36. The van der Waals surface area contributed by atoms with E-state index in [1.165, 1.54) is 12.1 Å². The van der Waals surface area contributed by atoms with Crippen LogP contribution in [0.4, 0.5) is 18.9 Å². The first-order valence-corrected chi connectivity index (χ1v) is 5.53. The first-order chi connectivity index (χ1) is 7.84. The molecule has 1 rings (SSSR count). The van der Waals surface area contributed by atoms with Crippen LogP contribution in [0.1, 0.15) is 5.56 Å². The summed E-state index contributed by atoms with van der Waals surface area (Å²) >= 11 is 2.97. The molecule has 1 aromatic rings. The van der Waals surface area contributed by atoms with Crippen molar-refractivity contribution in [3.05, 3.63) is 28.2 Å². The molecule has 1 aromatic carbocycles. The molecule has 7 heteroatoms. The van der Waals surface area contributed by atoms with Gasteiger partial charge in [-0.15, -0.1) is 0 Å². The SMILES string of the molecule is OCC(O)CNc1ccc(Br)cc1C(F)(F)F. The van der Waals surface area contributed by atoms with Gasteiger partial charge < -0.3 is 15.5 Å². The summed E-state index contributed by atoms with van der Waals surface area (Å²) in [4.78, 5) is 0. The second-order valence-electron chi connectivity index (χ2n) is 3.40. The summed E-state index contributed by atoms with van der Waals surface area (Å²) in [5, 5.41) is 20.1. The molecule has 0 saturated heterocycles. The van der Waals surface area contributed by atoms with Crippen molar-refractivity contribution in [2.75, 3.05) is 18.5 Å². The largest absolute Gasteiger partial charge is 0.418 e. The summed E-state index contributed by atoms with van der Waals surface area (Å²) in [6.45, 7) is -0.661. The van der Waals surface area contributed by atoms with Crippen molar-refractivity contribution >= 4 is 21.6 Å². The Hall–Kier alpha value is -0.790. The van der Waals surface area contributed by atoms with E-state index in [1.54, 1.807) is 0 Å². The van der Waals surface area contributed by atoms with Crippen LogP contribution in [0.25, 0.3) is 0 Å². The molecule has 3 nitrogen and oxygen atoms in total. The van der Waals surface area contributed by atoms with Crippen LogP contribution in [-0.2, 0) is 6.18 Å². The minimum atomic E-state index is -4.48. The van der Waals surface area contributed by atoms with E-state index in [9.17, 15) is 13.2 Å². The Kier molecular flexibility index (Phi) is 4.79. The fourth-order valence-corrected chi connectivity index (χ4v) is 1.56. The molecule has 0 saturated carbocycles. The molecule has 1 unspecified atom stereocenters. The van der Waals surface area contributed by atoms with Gasteiger partial charge in [-0.3, -0.25) is 0 Å². The number of alkyl halides is 3. The van der Waals surface area contributed by atoms with Gasteiger partial charge in [-0.25, -0.2) is 0 Å². The maximum Gasteiger partial charge on any atom is 0.418 e. The number of nitrogens with one attached hydrogen (secondary N) is 1. The second-order valence-corrected chi connectivity index (χ2v) is 4.32. The van der Waals surface area contributed by atoms with Crippen LogP contribution in [0.3, 0.4) is 0 Å². The van der Waals surface area contributed by atoms with Crippen LogP contribution in [0.15, 0.2) is 22.7 Å². The van der Waals surface area contributed by atoms with Gasteiger partial charge in [0.1, 0.15) is 0 Å². The molecule has 0 radical (unpaired) electrons. The van der Waals surface area contributed by atoms with Gasteiger partial charge in [0, 0.05) is 16.7 Å². The number of hydrogen-bond acceptors (Lipinski definition) is 3. The van der Waals surface area contributed by atoms with E-state index in [1.807, 2.05) is 0 Å². The maximum absolute atomic E-state index is 12.7. The normalized spacial score (nSPS) is 13.5. The van der Waals surface area contributed by atoms with Gasteiger partial charge in [-0.05, 0) is 18.2 Å². The fraction of sp³-hybridized carbons (Fsp3) is 0.400. The molecular formula is C10H11BrF3NO2. The van der Waals surface area contributed by atoms with E-state index in [4.69, 9.17) is 10.2 Å². The molecule has 17 heavy (non-hydrogen) atoms. The van der Waals surface area contributed by atoms with E-state index in [0.717, 1.165) is 6.07 Å². The predicted octanol–water partition coefficient (Wildman–Crippen LogP) is 2.23. The minimum Gasteiger partial charge on any atom is -0.394 e. The van der Waals surface area contributed by atoms with Crippen molar-refractivity contribution in [2.24, 2.45) is 0 Å². The third-order valence-corrected chi connectivity index (χ3v) is 2.52. The highest BCUT2D eigenvalue weighted by atomic mass is 79.9. The van der Waals surface area contributed by atoms with Gasteiger partial charge >= 0.3 is 6.18 Å². The number of aliphatic hydroxyl groups excluding tert-OH is 2. The summed E-state index contributed by atoms with van der Waals surface area (Å²) < 4.78 is 38.3. The quantitative estimate of drug-likeness (QED) is 0.799. The number of halogens is 4. The lowest BCUT2D eigenvalue weighted by Gasteiger charge is -2.16. The van der Waals surface area contributed by atoms with Crippen molar-refractivity contribution in [1.29, 1.82) is 0 Å². The second kappa shape index (κ2) is 5.70. The lowest BCUT2D eigenvalue weighted by molar-refractivity contribution is -0.137. The number of hydrogen-bond donors (Lipinski definition) is 3. The van der Waals surface area contributed by atoms with Crippen LogP contribution in [-0.4, -0.2) is 29.5 Å². The predicted molar refractivity (Wildman–Crippen MR) is 60.7 cm³/mol. The van der Waals surface area contributed by atoms with Crippen LogP contribution >= 0.6 is 15.9 Å². The number of rotatable bonds is 4. The van der Waals surface area contributed by atoms with Crippen LogP contribution in [0.2, 0.25) is 0 Å². The van der Waals surface area contributed by atoms with Crippen molar-refractivity contribution in [3.63, 3.8) is 0 Å². The van der Waals surface area contributed by atoms with Crippen LogP contribution in [0.5, 0.6) is 0 Å². The molecule has 0 aliphatic carbocycles. The summed E-state index contributed by atoms with van der Waals surface area (Å²) in [6, 6.07) is 3.67. The summed E-state index contributed by atoms with van der Waals surface area (Å²) in [5.74, 6) is 0. The molecular weight excluding hydrogens is 303 g/mol. The molecule has 0 aliphatic heterocycles. The van der Waals surface area contributed by atoms with Crippen LogP contribution < -0.4 is 5.32 Å². The lowest BCUT2D eigenvalue weighted by atomic mass is 10.1. The number of aliphatic hydroxyl groups is 2. The first-order valence-electron chi connectivity index (χ1n) is 4.74. The third kappa shape index (κ3) is 4.18. The maximum atomic E-state index is 12.7. The molecule has 0 bridgehead atoms. The molecule has 1 atom stereocenters. The van der Waals surface area contributed by atoms with E-state index in [2.05, 4.69) is 21.2 Å². The zero-order valence-corrected chi connectivity index (χ0v) is 10.2. The van der Waals surface area contributed by atoms with E-state index in [-0.39, 0.29) is 12.2 Å². The molecule has 3 N–H and O–H groups in total. The summed E-state index contributed by atoms with van der Waals surface area (Å²) in [7, 11) is 0.